The summed E-state index contributed by atoms with van der Waals surface area (Å²) in [5, 5.41) is -0.305. The highest BCUT2D eigenvalue weighted by Crippen LogP contribution is 2.56. The average Bonchev–Trinajstić information content (AvgIpc) is 3.13. The minimum absolute atomic E-state index is 0. The molecule has 0 spiro atoms. The lowest BCUT2D eigenvalue weighted by atomic mass is 10.2. The van der Waals surface area contributed by atoms with Gasteiger partial charge in [-0.3, -0.25) is 27.1 Å². The Morgan fingerprint density at radius 3 is 1.15 bits per heavy atom. The smallest absolute Gasteiger partial charge is 0.384 e. The van der Waals surface area contributed by atoms with Crippen molar-refractivity contribution in [3.8, 4) is 17.6 Å². The fourth-order valence-corrected chi connectivity index (χ4v) is 13.4. The van der Waals surface area contributed by atoms with Gasteiger partial charge in [-0.15, -0.1) is 34.0 Å². The minimum atomic E-state index is -3.05. The van der Waals surface area contributed by atoms with Gasteiger partial charge in [0.25, 0.3) is 0 Å². The van der Waals surface area contributed by atoms with Gasteiger partial charge in [-0.2, -0.15) is 15.0 Å². The van der Waals surface area contributed by atoms with Crippen molar-refractivity contribution in [1.29, 1.82) is 0 Å². The van der Waals surface area contributed by atoms with E-state index in [1.165, 1.54) is 0 Å². The van der Waals surface area contributed by atoms with Gasteiger partial charge in [0.05, 0.1) is 19.8 Å². The van der Waals surface area contributed by atoms with Gasteiger partial charge in [0.2, 0.25) is 17.6 Å². The maximum absolute atomic E-state index is 5.91. The Hall–Kier alpha value is 0.230. The van der Waals surface area contributed by atoms with Crippen LogP contribution in [0.25, 0.3) is 0 Å². The number of hydrogen-bond donors (Lipinski definition) is 0. The molecule has 0 aromatic carbocycles. The molecule has 382 valence electrons. The molecule has 0 radical (unpaired) electrons. The second-order valence-electron chi connectivity index (χ2n) is 15.3. The fraction of sp³-hybridized carbons (Fsp3) is 0.700. The van der Waals surface area contributed by atoms with Gasteiger partial charge < -0.3 is 18.3 Å². The second-order valence-corrected chi connectivity index (χ2v) is 27.1. The third kappa shape index (κ3) is 26.6. The maximum atomic E-state index is 5.91. The number of aryl methyl sites for hydroxylation is 3. The van der Waals surface area contributed by atoms with Crippen molar-refractivity contribution in [2.24, 2.45) is 0 Å². The van der Waals surface area contributed by atoms with Crippen molar-refractivity contribution < 1.29 is 45.5 Å². The molecule has 0 amide bonds. The first-order valence-corrected chi connectivity index (χ1v) is 30.2. The Labute approximate surface area is 447 Å². The van der Waals surface area contributed by atoms with Crippen molar-refractivity contribution >= 4 is 121 Å². The summed E-state index contributed by atoms with van der Waals surface area (Å²) in [7, 11) is 1.57. The zero-order chi connectivity index (χ0) is 49.3. The van der Waals surface area contributed by atoms with Crippen LogP contribution in [0.4, 0.5) is 0 Å². The van der Waals surface area contributed by atoms with Crippen LogP contribution in [0.15, 0.2) is 18.2 Å². The van der Waals surface area contributed by atoms with Gasteiger partial charge in [0, 0.05) is 95.6 Å². The van der Waals surface area contributed by atoms with Crippen LogP contribution >= 0.6 is 86.0 Å². The first-order chi connectivity index (χ1) is 29.5. The summed E-state index contributed by atoms with van der Waals surface area (Å²) in [5.74, 6) is 2.99. The largest absolute Gasteiger partial charge is 0.406 e. The molecule has 26 heteroatoms. The standard InChI is InChI=1S/C15H27N2O4PS.C13H21Br2N2O3PS.C12H21N2O3PS.2BrH/c1-8-15(6,18-7)21-22(23,19-9-2)20-13-10-12(5)16-14(17-13)11(3)4;1-8(2)12-16-9(3)7-11(17-12)19-21(22,18-10(4)14)20-13(5,6)15;1-6-15-18(19,16-7-2)17-11-8-10(5)13-12(14-11)9(3)4;;/h10-11H,8-9H2,1-7H3;7-8,10H,1-6H3;8-9H,6-7H2,1-5H3;2*1H. The lowest BCUT2D eigenvalue weighted by Crippen LogP contribution is -2.30. The first-order valence-electron chi connectivity index (χ1n) is 20.8. The molecule has 0 fully saturated rings. The molecule has 3 aromatic rings. The van der Waals surface area contributed by atoms with E-state index in [-0.39, 0.29) is 56.7 Å². The summed E-state index contributed by atoms with van der Waals surface area (Å²) in [6, 6.07) is 5.19. The summed E-state index contributed by atoms with van der Waals surface area (Å²) < 4.78 is 56.0. The first kappa shape index (κ1) is 68.3. The number of ether oxygens (including phenoxy) is 1. The van der Waals surface area contributed by atoms with Crippen LogP contribution < -0.4 is 13.6 Å². The molecule has 0 aliphatic carbocycles. The Morgan fingerprint density at radius 1 is 0.561 bits per heavy atom. The number of hydrogen-bond acceptors (Lipinski definition) is 19. The van der Waals surface area contributed by atoms with Crippen LogP contribution in [-0.4, -0.2) is 72.1 Å². The molecule has 3 aromatic heterocycles. The Kier molecular flexibility index (Phi) is 32.7. The maximum Gasteiger partial charge on any atom is 0.384 e. The molecule has 0 saturated carbocycles. The van der Waals surface area contributed by atoms with Crippen molar-refractivity contribution in [3.63, 3.8) is 0 Å². The van der Waals surface area contributed by atoms with Gasteiger partial charge >= 0.3 is 20.2 Å². The highest BCUT2D eigenvalue weighted by Gasteiger charge is 2.36. The van der Waals surface area contributed by atoms with E-state index in [2.05, 4.69) is 61.8 Å². The van der Waals surface area contributed by atoms with E-state index >= 15 is 0 Å². The van der Waals surface area contributed by atoms with Gasteiger partial charge in [-0.1, -0.05) is 80.3 Å². The molecule has 0 saturated heterocycles. The van der Waals surface area contributed by atoms with Crippen LogP contribution in [0.3, 0.4) is 0 Å². The van der Waals surface area contributed by atoms with E-state index in [1.54, 1.807) is 39.2 Å². The summed E-state index contributed by atoms with van der Waals surface area (Å²) in [6.45, 7) is 25.0. The molecule has 66 heavy (non-hydrogen) atoms. The minimum Gasteiger partial charge on any atom is -0.406 e. The van der Waals surface area contributed by atoms with E-state index in [9.17, 15) is 0 Å². The Balaban J connectivity index is 0. The van der Waals surface area contributed by atoms with E-state index in [4.69, 9.17) is 80.9 Å². The van der Waals surface area contributed by atoms with Crippen LogP contribution in [0.5, 0.6) is 17.6 Å². The highest BCUT2D eigenvalue weighted by atomic mass is 79.9. The summed E-state index contributed by atoms with van der Waals surface area (Å²) >= 11 is 23.0. The van der Waals surface area contributed by atoms with Crippen molar-refractivity contribution in [3.05, 3.63) is 52.8 Å². The molecular weight excluding hydrogens is 1230 g/mol. The third-order valence-electron chi connectivity index (χ3n) is 7.55. The number of aromatic nitrogens is 6. The molecule has 3 rings (SSSR count). The van der Waals surface area contributed by atoms with Crippen LogP contribution in [0.2, 0.25) is 0 Å². The molecule has 4 atom stereocenters. The summed E-state index contributed by atoms with van der Waals surface area (Å²) in [5.41, 5.74) is 2.45. The van der Waals surface area contributed by atoms with E-state index in [1.807, 2.05) is 104 Å². The topological polar surface area (TPSA) is 170 Å². The quantitative estimate of drug-likeness (QED) is 0.0498. The molecule has 16 nitrogen and oxygen atoms in total. The summed E-state index contributed by atoms with van der Waals surface area (Å²) in [6.07, 6.45) is 0.609. The zero-order valence-electron chi connectivity index (χ0n) is 41.3. The summed E-state index contributed by atoms with van der Waals surface area (Å²) in [4.78, 5) is 26.3. The third-order valence-corrected chi connectivity index (χ3v) is 15.6. The number of alkyl halides is 2. The number of methoxy groups -OCH3 is 1. The molecule has 3 heterocycles. The molecule has 0 bridgehead atoms. The molecule has 0 N–H and O–H groups in total. The highest BCUT2D eigenvalue weighted by molar-refractivity contribution is 9.10. The number of halogens is 4. The Morgan fingerprint density at radius 2 is 0.879 bits per heavy atom. The van der Waals surface area contributed by atoms with Crippen LogP contribution in [-0.2, 0) is 67.3 Å². The molecule has 0 aliphatic rings. The van der Waals surface area contributed by atoms with Gasteiger partial charge in [-0.05, 0) is 75.7 Å². The van der Waals surface area contributed by atoms with E-state index in [0.29, 0.717) is 55.5 Å². The average molecular weight is 1300 g/mol. The van der Waals surface area contributed by atoms with Crippen LogP contribution in [0.1, 0.15) is 156 Å². The lowest BCUT2D eigenvalue weighted by molar-refractivity contribution is -0.156. The van der Waals surface area contributed by atoms with Gasteiger partial charge in [0.1, 0.15) is 27.0 Å². The monoisotopic (exact) mass is 1300 g/mol. The predicted octanol–water partition coefficient (Wildman–Crippen LogP) is 14.5. The molecule has 0 aliphatic heterocycles. The second kappa shape index (κ2) is 31.6. The predicted molar refractivity (Wildman–Crippen MR) is 293 cm³/mol. The molecular formula is C40H71Br4N6O10P3S3. The van der Waals surface area contributed by atoms with Crippen LogP contribution in [0, 0.1) is 20.8 Å². The van der Waals surface area contributed by atoms with Gasteiger partial charge in [-0.25, -0.2) is 15.0 Å². The van der Waals surface area contributed by atoms with Crippen molar-refractivity contribution in [2.75, 3.05) is 26.9 Å². The normalized spacial score (nSPS) is 14.8. The van der Waals surface area contributed by atoms with Crippen molar-refractivity contribution in [2.45, 2.75) is 157 Å². The number of rotatable bonds is 23. The van der Waals surface area contributed by atoms with Crippen molar-refractivity contribution in [1.82, 2.24) is 29.9 Å². The zero-order valence-corrected chi connectivity index (χ0v) is 53.0. The SMILES string of the molecule is Br.Br.CCOP(=S)(OCC)Oc1cc(C)nc(C(C)C)n1.CCOP(=S)(Oc1cc(C)nc(C(C)C)n1)OC(C)(CC)OC.Cc1cc(OP(=S)(OC(C)Br)OC(C)(C)Br)nc(C(C)C)n1. The van der Waals surface area contributed by atoms with Gasteiger partial charge in [0.15, 0.2) is 5.79 Å². The fourth-order valence-electron chi connectivity index (χ4n) is 4.57. The van der Waals surface area contributed by atoms with E-state index in [0.717, 1.165) is 22.9 Å². The number of nitrogens with zero attached hydrogens (tertiary/aromatic N) is 6. The lowest BCUT2D eigenvalue weighted by Gasteiger charge is -2.32. The Bertz CT molecular complexity index is 2050. The van der Waals surface area contributed by atoms with E-state index < -0.39 is 30.5 Å². The molecule has 4 unspecified atom stereocenters.